The summed E-state index contributed by atoms with van der Waals surface area (Å²) in [7, 11) is 0. The van der Waals surface area contributed by atoms with Gasteiger partial charge in [0.2, 0.25) is 0 Å². The fourth-order valence-corrected chi connectivity index (χ4v) is 2.56. The molecule has 1 unspecified atom stereocenters. The molecule has 1 aliphatic heterocycles. The van der Waals surface area contributed by atoms with Crippen molar-refractivity contribution in [3.63, 3.8) is 0 Å². The van der Waals surface area contributed by atoms with Gasteiger partial charge in [0.15, 0.2) is 0 Å². The van der Waals surface area contributed by atoms with Crippen LogP contribution in [-0.4, -0.2) is 11.7 Å². The molecule has 0 fully saturated rings. The largest absolute Gasteiger partial charge is 0.493 e. The molecule has 1 atom stereocenters. The third-order valence-electron chi connectivity index (χ3n) is 3.24. The summed E-state index contributed by atoms with van der Waals surface area (Å²) >= 11 is 6.12. The molecular formula is C15H13ClO2. The van der Waals surface area contributed by atoms with Crippen molar-refractivity contribution in [2.45, 2.75) is 12.5 Å². The second-order valence-electron chi connectivity index (χ2n) is 4.36. The lowest BCUT2D eigenvalue weighted by atomic mass is 9.98. The van der Waals surface area contributed by atoms with E-state index in [1.165, 1.54) is 0 Å². The SMILES string of the molecule is OC(c1ccccc1Cl)c1cccc2c1OCC2. The molecule has 1 heterocycles. The third-order valence-corrected chi connectivity index (χ3v) is 3.58. The number of aliphatic hydroxyl groups is 1. The normalized spacial score (nSPS) is 15.0. The standard InChI is InChI=1S/C15H13ClO2/c16-13-7-2-1-5-11(13)14(17)12-6-3-4-10-8-9-18-15(10)12/h1-7,14,17H,8-9H2. The number of para-hydroxylation sites is 1. The lowest BCUT2D eigenvalue weighted by Gasteiger charge is -2.16. The van der Waals surface area contributed by atoms with Crippen LogP contribution in [-0.2, 0) is 6.42 Å². The molecule has 0 radical (unpaired) electrons. The van der Waals surface area contributed by atoms with Gasteiger partial charge in [-0.25, -0.2) is 0 Å². The Kier molecular flexibility index (Phi) is 2.98. The Bertz CT molecular complexity index is 580. The van der Waals surface area contributed by atoms with Crippen molar-refractivity contribution in [3.05, 3.63) is 64.2 Å². The summed E-state index contributed by atoms with van der Waals surface area (Å²) in [5, 5.41) is 11.0. The van der Waals surface area contributed by atoms with Crippen LogP contribution in [0, 0.1) is 0 Å². The number of hydrogen-bond donors (Lipinski definition) is 1. The maximum atomic E-state index is 10.5. The number of benzene rings is 2. The van der Waals surface area contributed by atoms with Gasteiger partial charge < -0.3 is 9.84 Å². The molecule has 2 nitrogen and oxygen atoms in total. The van der Waals surface area contributed by atoms with Gasteiger partial charge in [-0.3, -0.25) is 0 Å². The molecule has 2 aromatic carbocycles. The second kappa shape index (κ2) is 4.63. The summed E-state index contributed by atoms with van der Waals surface area (Å²) in [6.07, 6.45) is 0.157. The Morgan fingerprint density at radius 1 is 1.06 bits per heavy atom. The fraction of sp³-hybridized carbons (Fsp3) is 0.200. The topological polar surface area (TPSA) is 29.5 Å². The zero-order chi connectivity index (χ0) is 12.5. The molecule has 0 spiro atoms. The highest BCUT2D eigenvalue weighted by atomic mass is 35.5. The van der Waals surface area contributed by atoms with Gasteiger partial charge in [0.1, 0.15) is 11.9 Å². The summed E-state index contributed by atoms with van der Waals surface area (Å²) in [5.74, 6) is 0.810. The lowest BCUT2D eigenvalue weighted by molar-refractivity contribution is 0.214. The molecule has 2 aromatic rings. The molecule has 92 valence electrons. The van der Waals surface area contributed by atoms with Crippen LogP contribution in [0.3, 0.4) is 0 Å². The Balaban J connectivity index is 2.06. The number of ether oxygens (including phenoxy) is 1. The fourth-order valence-electron chi connectivity index (χ4n) is 2.32. The summed E-state index contributed by atoms with van der Waals surface area (Å²) in [6, 6.07) is 13.2. The van der Waals surface area contributed by atoms with Crippen LogP contribution in [0.1, 0.15) is 22.8 Å². The molecule has 3 heteroatoms. The lowest BCUT2D eigenvalue weighted by Crippen LogP contribution is -2.02. The van der Waals surface area contributed by atoms with Crippen LogP contribution in [0.25, 0.3) is 0 Å². The quantitative estimate of drug-likeness (QED) is 0.897. The highest BCUT2D eigenvalue weighted by molar-refractivity contribution is 6.31. The molecule has 0 aromatic heterocycles. The second-order valence-corrected chi connectivity index (χ2v) is 4.77. The Labute approximate surface area is 111 Å². The van der Waals surface area contributed by atoms with Crippen molar-refractivity contribution >= 4 is 11.6 Å². The van der Waals surface area contributed by atoms with Crippen LogP contribution in [0.5, 0.6) is 5.75 Å². The molecule has 18 heavy (non-hydrogen) atoms. The van der Waals surface area contributed by atoms with E-state index in [4.69, 9.17) is 16.3 Å². The van der Waals surface area contributed by atoms with E-state index in [1.807, 2.05) is 36.4 Å². The van der Waals surface area contributed by atoms with Crippen LogP contribution in [0.2, 0.25) is 5.02 Å². The van der Waals surface area contributed by atoms with Gasteiger partial charge in [0.25, 0.3) is 0 Å². The third kappa shape index (κ3) is 1.88. The van der Waals surface area contributed by atoms with Gasteiger partial charge in [0.05, 0.1) is 6.61 Å². The molecule has 0 aliphatic carbocycles. The Morgan fingerprint density at radius 3 is 2.67 bits per heavy atom. The first-order chi connectivity index (χ1) is 8.77. The average molecular weight is 261 g/mol. The van der Waals surface area contributed by atoms with Crippen molar-refractivity contribution in [3.8, 4) is 5.75 Å². The van der Waals surface area contributed by atoms with E-state index in [2.05, 4.69) is 0 Å². The van der Waals surface area contributed by atoms with E-state index in [9.17, 15) is 5.11 Å². The predicted octanol–water partition coefficient (Wildman–Crippen LogP) is 3.36. The smallest absolute Gasteiger partial charge is 0.128 e. The number of rotatable bonds is 2. The molecular weight excluding hydrogens is 248 g/mol. The first kappa shape index (κ1) is 11.6. The van der Waals surface area contributed by atoms with Crippen molar-refractivity contribution < 1.29 is 9.84 Å². The van der Waals surface area contributed by atoms with E-state index >= 15 is 0 Å². The summed E-state index contributed by atoms with van der Waals surface area (Å²) in [5.41, 5.74) is 2.65. The van der Waals surface area contributed by atoms with Crippen LogP contribution >= 0.6 is 11.6 Å². The Morgan fingerprint density at radius 2 is 1.83 bits per heavy atom. The van der Waals surface area contributed by atoms with Gasteiger partial charge in [-0.15, -0.1) is 0 Å². The molecule has 0 amide bonds. The average Bonchev–Trinajstić information content (AvgIpc) is 2.86. The maximum Gasteiger partial charge on any atom is 0.128 e. The van der Waals surface area contributed by atoms with Crippen molar-refractivity contribution in [2.75, 3.05) is 6.61 Å². The number of aliphatic hydroxyl groups excluding tert-OH is 1. The zero-order valence-electron chi connectivity index (χ0n) is 9.77. The van der Waals surface area contributed by atoms with Crippen LogP contribution in [0.4, 0.5) is 0 Å². The summed E-state index contributed by atoms with van der Waals surface area (Å²) in [6.45, 7) is 0.682. The van der Waals surface area contributed by atoms with E-state index in [1.54, 1.807) is 6.07 Å². The van der Waals surface area contributed by atoms with Crippen LogP contribution < -0.4 is 4.74 Å². The molecule has 3 rings (SSSR count). The first-order valence-electron chi connectivity index (χ1n) is 5.94. The number of fused-ring (bicyclic) bond motifs is 1. The van der Waals surface area contributed by atoms with E-state index in [-0.39, 0.29) is 0 Å². The van der Waals surface area contributed by atoms with Crippen molar-refractivity contribution in [2.24, 2.45) is 0 Å². The predicted molar refractivity (Wildman–Crippen MR) is 71.2 cm³/mol. The van der Waals surface area contributed by atoms with Gasteiger partial charge in [-0.1, -0.05) is 48.0 Å². The van der Waals surface area contributed by atoms with Gasteiger partial charge in [-0.05, 0) is 11.6 Å². The number of hydrogen-bond acceptors (Lipinski definition) is 2. The summed E-state index contributed by atoms with van der Waals surface area (Å²) in [4.78, 5) is 0. The molecule has 1 aliphatic rings. The minimum atomic E-state index is -0.744. The minimum Gasteiger partial charge on any atom is -0.493 e. The van der Waals surface area contributed by atoms with Gasteiger partial charge >= 0.3 is 0 Å². The molecule has 0 saturated heterocycles. The van der Waals surface area contributed by atoms with Crippen LogP contribution in [0.15, 0.2) is 42.5 Å². The van der Waals surface area contributed by atoms with E-state index < -0.39 is 6.10 Å². The molecule has 0 saturated carbocycles. The van der Waals surface area contributed by atoms with E-state index in [0.29, 0.717) is 17.2 Å². The highest BCUT2D eigenvalue weighted by Gasteiger charge is 2.22. The van der Waals surface area contributed by atoms with Crippen molar-refractivity contribution in [1.82, 2.24) is 0 Å². The minimum absolute atomic E-state index is 0.570. The van der Waals surface area contributed by atoms with E-state index in [0.717, 1.165) is 23.3 Å². The van der Waals surface area contributed by atoms with Gasteiger partial charge in [-0.2, -0.15) is 0 Å². The zero-order valence-corrected chi connectivity index (χ0v) is 10.5. The first-order valence-corrected chi connectivity index (χ1v) is 6.32. The highest BCUT2D eigenvalue weighted by Crippen LogP contribution is 2.37. The van der Waals surface area contributed by atoms with Gasteiger partial charge in [0, 0.05) is 22.6 Å². The summed E-state index contributed by atoms with van der Waals surface area (Å²) < 4.78 is 5.61. The van der Waals surface area contributed by atoms with Crippen molar-refractivity contribution in [1.29, 1.82) is 0 Å². The molecule has 0 bridgehead atoms. The Hall–Kier alpha value is -1.51. The molecule has 1 N–H and O–H groups in total. The number of halogens is 1. The monoisotopic (exact) mass is 260 g/mol. The maximum absolute atomic E-state index is 10.5.